The highest BCUT2D eigenvalue weighted by Gasteiger charge is 2.49. The summed E-state index contributed by atoms with van der Waals surface area (Å²) in [7, 11) is 0. The van der Waals surface area contributed by atoms with E-state index in [2.05, 4.69) is 293 Å². The van der Waals surface area contributed by atoms with Gasteiger partial charge < -0.3 is 14.7 Å². The van der Waals surface area contributed by atoms with Crippen molar-refractivity contribution >= 4 is 74.3 Å². The van der Waals surface area contributed by atoms with Gasteiger partial charge in [-0.05, 0) is 205 Å². The molecule has 2 aliphatic carbocycles. The van der Waals surface area contributed by atoms with Gasteiger partial charge in [0, 0.05) is 51.1 Å². The lowest BCUT2D eigenvalue weighted by Gasteiger charge is -2.46. The zero-order chi connectivity index (χ0) is 55.1. The van der Waals surface area contributed by atoms with Crippen LogP contribution >= 0.6 is 0 Å². The average molecular weight is 1030 g/mol. The van der Waals surface area contributed by atoms with Crippen LogP contribution in [0.5, 0.6) is 0 Å². The first-order valence-electron chi connectivity index (χ1n) is 29.0. The lowest BCUT2D eigenvalue weighted by molar-refractivity contribution is 0.332. The van der Waals surface area contributed by atoms with Gasteiger partial charge in [-0.25, -0.2) is 0 Å². The van der Waals surface area contributed by atoms with Crippen molar-refractivity contribution in [1.82, 2.24) is 0 Å². The van der Waals surface area contributed by atoms with E-state index < -0.39 is 0 Å². The maximum Gasteiger partial charge on any atom is 0.252 e. The molecule has 3 nitrogen and oxygen atoms in total. The minimum Gasteiger partial charge on any atom is -0.311 e. The summed E-state index contributed by atoms with van der Waals surface area (Å²) in [5.74, 6) is 0. The molecule has 4 aliphatic rings. The molecule has 0 bridgehead atoms. The lowest BCUT2D eigenvalue weighted by atomic mass is 9.33. The zero-order valence-electron chi connectivity index (χ0n) is 48.9. The number of nitrogens with zero attached hydrogens (tertiary/aromatic N) is 3. The zero-order valence-corrected chi connectivity index (χ0v) is 48.9. The summed E-state index contributed by atoms with van der Waals surface area (Å²) in [5.41, 5.74) is 29.5. The smallest absolute Gasteiger partial charge is 0.252 e. The molecule has 0 aromatic heterocycles. The predicted molar refractivity (Wildman–Crippen MR) is 340 cm³/mol. The van der Waals surface area contributed by atoms with E-state index in [0.717, 1.165) is 23.5 Å². The number of para-hydroxylation sites is 2. The number of benzene rings is 9. The van der Waals surface area contributed by atoms with E-state index >= 15 is 0 Å². The van der Waals surface area contributed by atoms with E-state index in [1.54, 1.807) is 0 Å². The molecule has 0 saturated heterocycles. The molecule has 0 radical (unpaired) electrons. The molecule has 394 valence electrons. The fraction of sp³-hybridized carbons (Fsp3) is 0.280. The van der Waals surface area contributed by atoms with Crippen molar-refractivity contribution < 1.29 is 0 Å². The highest BCUT2D eigenvalue weighted by molar-refractivity contribution is 7.00. The third kappa shape index (κ3) is 8.30. The van der Waals surface area contributed by atoms with Crippen LogP contribution in [0.2, 0.25) is 0 Å². The minimum atomic E-state index is -0.0571. The van der Waals surface area contributed by atoms with Gasteiger partial charge >= 0.3 is 0 Å². The van der Waals surface area contributed by atoms with Gasteiger partial charge in [-0.2, -0.15) is 0 Å². The van der Waals surface area contributed by atoms with E-state index in [9.17, 15) is 0 Å². The molecule has 9 aromatic carbocycles. The Kier molecular flexibility index (Phi) is 11.6. The highest BCUT2D eigenvalue weighted by atomic mass is 15.2. The van der Waals surface area contributed by atoms with Crippen molar-refractivity contribution in [2.45, 2.75) is 136 Å². The van der Waals surface area contributed by atoms with Gasteiger partial charge in [0.2, 0.25) is 0 Å². The molecule has 0 fully saturated rings. The molecule has 0 amide bonds. The van der Waals surface area contributed by atoms with Crippen LogP contribution < -0.4 is 31.1 Å². The van der Waals surface area contributed by atoms with E-state index in [0.29, 0.717) is 0 Å². The molecule has 0 spiro atoms. The van der Waals surface area contributed by atoms with Gasteiger partial charge in [0.05, 0.1) is 5.69 Å². The average Bonchev–Trinajstić information content (AvgIpc) is 3.89. The molecular weight excluding hydrogens is 954 g/mol. The highest BCUT2D eigenvalue weighted by Crippen LogP contribution is 2.55. The van der Waals surface area contributed by atoms with Crippen LogP contribution in [0.15, 0.2) is 188 Å². The fourth-order valence-corrected chi connectivity index (χ4v) is 14.7. The monoisotopic (exact) mass is 1030 g/mol. The van der Waals surface area contributed by atoms with Crippen LogP contribution in [0.25, 0.3) is 22.3 Å². The van der Waals surface area contributed by atoms with Gasteiger partial charge in [0.1, 0.15) is 0 Å². The minimum absolute atomic E-state index is 0.00739. The van der Waals surface area contributed by atoms with Gasteiger partial charge in [-0.1, -0.05) is 191 Å². The Bertz CT molecular complexity index is 3860. The molecule has 2 heterocycles. The standard InChI is InChI=1S/C75H76BN3/c1-48-39-68-70-69(40-48)79(65-42-51(30-29-49(65)2)50-23-17-14-18-24-50)66-44-56(77(54-25-19-15-20-26-54)55-27-21-16-22-28-55)33-35-62(66)76(70)63-45-60-61(75(12,13)47-74(60,10)11)46-67(63)78(68)64-36-32-53(71(3,4)5)43-57(64)52-31-34-58-59(41-52)73(8,9)38-37-72(58,6)7/h14-36,39-46H,37-38,47H2,1-13H3. The van der Waals surface area contributed by atoms with E-state index in [1.165, 1.54) is 125 Å². The van der Waals surface area contributed by atoms with Crippen molar-refractivity contribution in [3.05, 3.63) is 227 Å². The van der Waals surface area contributed by atoms with Crippen LogP contribution in [0.4, 0.5) is 51.2 Å². The second kappa shape index (κ2) is 18.0. The van der Waals surface area contributed by atoms with Crippen LogP contribution in [0.3, 0.4) is 0 Å². The first-order chi connectivity index (χ1) is 37.6. The van der Waals surface area contributed by atoms with Crippen molar-refractivity contribution in [2.75, 3.05) is 14.7 Å². The summed E-state index contributed by atoms with van der Waals surface area (Å²) in [5, 5.41) is 0. The molecule has 2 aliphatic heterocycles. The Morgan fingerprint density at radius 1 is 0.405 bits per heavy atom. The molecule has 9 aromatic rings. The van der Waals surface area contributed by atoms with Crippen LogP contribution in [0, 0.1) is 13.8 Å². The largest absolute Gasteiger partial charge is 0.311 e. The Hall–Kier alpha value is -7.56. The Balaban J connectivity index is 1.13. The Morgan fingerprint density at radius 2 is 0.962 bits per heavy atom. The van der Waals surface area contributed by atoms with E-state index in [-0.39, 0.29) is 33.8 Å². The molecule has 0 unspecified atom stereocenters. The topological polar surface area (TPSA) is 9.72 Å². The number of fused-ring (bicyclic) bond motifs is 6. The van der Waals surface area contributed by atoms with Gasteiger partial charge in [-0.15, -0.1) is 0 Å². The molecular formula is C75H76BN3. The van der Waals surface area contributed by atoms with Crippen LogP contribution in [-0.2, 0) is 27.1 Å². The number of hydrogen-bond donors (Lipinski definition) is 0. The summed E-state index contributed by atoms with van der Waals surface area (Å²) in [6.07, 6.45) is 3.45. The lowest BCUT2D eigenvalue weighted by Crippen LogP contribution is -2.61. The number of hydrogen-bond acceptors (Lipinski definition) is 3. The van der Waals surface area contributed by atoms with Crippen molar-refractivity contribution in [3.8, 4) is 22.3 Å². The van der Waals surface area contributed by atoms with Crippen molar-refractivity contribution in [3.63, 3.8) is 0 Å². The SMILES string of the molecule is Cc1cc2c3c(c1)N(c1ccc(C(C)(C)C)cc1-c1ccc4c(c1)C(C)(C)CCC4(C)C)c1cc4c(cc1B3c1ccc(N(c3ccccc3)c3ccccc3)cc1N2c1cc(-c2ccccc2)ccc1C)C(C)(C)CC4(C)C. The third-order valence-corrected chi connectivity index (χ3v) is 18.8. The summed E-state index contributed by atoms with van der Waals surface area (Å²) >= 11 is 0. The number of rotatable bonds is 7. The third-order valence-electron chi connectivity index (χ3n) is 18.8. The normalized spacial score (nSPS) is 16.8. The quantitative estimate of drug-likeness (QED) is 0.147. The van der Waals surface area contributed by atoms with Crippen LogP contribution in [-0.4, -0.2) is 6.71 Å². The number of anilines is 9. The summed E-state index contributed by atoms with van der Waals surface area (Å²) in [6, 6.07) is 72.3. The van der Waals surface area contributed by atoms with E-state index in [4.69, 9.17) is 0 Å². The molecule has 79 heavy (non-hydrogen) atoms. The van der Waals surface area contributed by atoms with Gasteiger partial charge in [-0.3, -0.25) is 0 Å². The maximum atomic E-state index is 2.72. The molecule has 0 atom stereocenters. The second-order valence-corrected chi connectivity index (χ2v) is 27.3. The first-order valence-corrected chi connectivity index (χ1v) is 29.0. The molecule has 4 heteroatoms. The summed E-state index contributed by atoms with van der Waals surface area (Å²) in [6.45, 7) is 31.4. The first kappa shape index (κ1) is 50.9. The Morgan fingerprint density at radius 3 is 1.59 bits per heavy atom. The summed E-state index contributed by atoms with van der Waals surface area (Å²) in [4.78, 5) is 7.77. The fourth-order valence-electron chi connectivity index (χ4n) is 14.7. The molecule has 0 saturated carbocycles. The van der Waals surface area contributed by atoms with Crippen molar-refractivity contribution in [1.29, 1.82) is 0 Å². The molecule has 0 N–H and O–H groups in total. The van der Waals surface area contributed by atoms with Gasteiger partial charge in [0.25, 0.3) is 6.71 Å². The van der Waals surface area contributed by atoms with Gasteiger partial charge in [0.15, 0.2) is 0 Å². The molecule has 13 rings (SSSR count). The Labute approximate surface area is 472 Å². The van der Waals surface area contributed by atoms with Crippen molar-refractivity contribution in [2.24, 2.45) is 0 Å². The van der Waals surface area contributed by atoms with E-state index in [1.807, 2.05) is 0 Å². The second-order valence-electron chi connectivity index (χ2n) is 27.3. The predicted octanol–water partition coefficient (Wildman–Crippen LogP) is 18.8. The summed E-state index contributed by atoms with van der Waals surface area (Å²) < 4.78 is 0. The number of aryl methyl sites for hydroxylation is 2. The maximum absolute atomic E-state index is 2.72. The van der Waals surface area contributed by atoms with Crippen LogP contribution in [0.1, 0.15) is 134 Å².